The Kier molecular flexibility index (Phi) is 5.93. The molecule has 31 heavy (non-hydrogen) atoms. The van der Waals surface area contributed by atoms with E-state index in [9.17, 15) is 9.59 Å². The number of methoxy groups -OCH3 is 1. The number of amides is 2. The maximum absolute atomic E-state index is 12.9. The standard InChI is InChI=1S/C23H17Cl2N3O3/c1-31-19-11-10-15(25)12-17(19)22(29)28-21-23(30)26-18-5-3-2-4-16(18)20(27-21)13-6-8-14(24)9-7-13/h2-12,21H,1H3,(H,26,30)(H,28,29)/t21-/m0/s1. The van der Waals surface area contributed by atoms with Crippen molar-refractivity contribution < 1.29 is 14.3 Å². The minimum Gasteiger partial charge on any atom is -0.496 e. The van der Waals surface area contributed by atoms with Gasteiger partial charge in [-0.1, -0.05) is 53.5 Å². The van der Waals surface area contributed by atoms with E-state index in [1.54, 1.807) is 30.3 Å². The van der Waals surface area contributed by atoms with Crippen molar-refractivity contribution >= 4 is 46.4 Å². The van der Waals surface area contributed by atoms with Crippen LogP contribution in [0.25, 0.3) is 0 Å². The van der Waals surface area contributed by atoms with E-state index in [1.165, 1.54) is 13.2 Å². The Balaban J connectivity index is 1.75. The highest BCUT2D eigenvalue weighted by Crippen LogP contribution is 2.26. The van der Waals surface area contributed by atoms with Crippen LogP contribution in [0.1, 0.15) is 21.5 Å². The molecule has 0 spiro atoms. The lowest BCUT2D eigenvalue weighted by Gasteiger charge is -2.15. The first kappa shape index (κ1) is 20.9. The zero-order chi connectivity index (χ0) is 22.0. The summed E-state index contributed by atoms with van der Waals surface area (Å²) in [4.78, 5) is 30.4. The average Bonchev–Trinajstić information content (AvgIpc) is 2.90. The number of hydrogen-bond donors (Lipinski definition) is 2. The van der Waals surface area contributed by atoms with Gasteiger partial charge in [-0.15, -0.1) is 0 Å². The van der Waals surface area contributed by atoms with Gasteiger partial charge in [-0.25, -0.2) is 4.99 Å². The van der Waals surface area contributed by atoms with Crippen LogP contribution in [-0.4, -0.2) is 30.8 Å². The molecular formula is C23H17Cl2N3O3. The van der Waals surface area contributed by atoms with Crippen molar-refractivity contribution in [3.63, 3.8) is 0 Å². The summed E-state index contributed by atoms with van der Waals surface area (Å²) in [5, 5.41) is 6.45. The molecule has 156 valence electrons. The molecule has 8 heteroatoms. The van der Waals surface area contributed by atoms with Crippen molar-refractivity contribution in [3.8, 4) is 5.75 Å². The van der Waals surface area contributed by atoms with E-state index in [0.29, 0.717) is 27.2 Å². The molecule has 1 aliphatic heterocycles. The molecule has 0 saturated carbocycles. The second-order valence-corrected chi connectivity index (χ2v) is 7.61. The first-order valence-corrected chi connectivity index (χ1v) is 10.1. The number of nitrogens with zero attached hydrogens (tertiary/aromatic N) is 1. The van der Waals surface area contributed by atoms with Crippen LogP contribution in [0.2, 0.25) is 10.0 Å². The Morgan fingerprint density at radius 1 is 1.03 bits per heavy atom. The Morgan fingerprint density at radius 2 is 1.74 bits per heavy atom. The van der Waals surface area contributed by atoms with Crippen molar-refractivity contribution in [2.24, 2.45) is 4.99 Å². The van der Waals surface area contributed by atoms with Gasteiger partial charge in [0.05, 0.1) is 24.1 Å². The molecule has 1 atom stereocenters. The fourth-order valence-electron chi connectivity index (χ4n) is 3.25. The van der Waals surface area contributed by atoms with E-state index in [1.807, 2.05) is 30.3 Å². The van der Waals surface area contributed by atoms with Gasteiger partial charge in [0.25, 0.3) is 11.8 Å². The number of benzene rings is 3. The molecule has 4 rings (SSSR count). The van der Waals surface area contributed by atoms with Crippen molar-refractivity contribution in [1.29, 1.82) is 0 Å². The second kappa shape index (κ2) is 8.79. The molecule has 2 N–H and O–H groups in total. The minimum atomic E-state index is -1.17. The van der Waals surface area contributed by atoms with E-state index in [-0.39, 0.29) is 5.56 Å². The molecule has 3 aromatic rings. The first-order valence-electron chi connectivity index (χ1n) is 9.34. The quantitative estimate of drug-likeness (QED) is 0.607. The summed E-state index contributed by atoms with van der Waals surface area (Å²) in [6.45, 7) is 0. The number of hydrogen-bond acceptors (Lipinski definition) is 4. The molecule has 0 bridgehead atoms. The number of para-hydroxylation sites is 1. The maximum Gasteiger partial charge on any atom is 0.269 e. The molecule has 2 amide bonds. The summed E-state index contributed by atoms with van der Waals surface area (Å²) in [5.41, 5.74) is 2.84. The van der Waals surface area contributed by atoms with Gasteiger partial charge in [-0.2, -0.15) is 0 Å². The number of ether oxygens (including phenoxy) is 1. The number of fused-ring (bicyclic) bond motifs is 1. The number of nitrogens with one attached hydrogen (secondary N) is 2. The zero-order valence-electron chi connectivity index (χ0n) is 16.4. The number of halogens is 2. The smallest absolute Gasteiger partial charge is 0.269 e. The third-order valence-electron chi connectivity index (χ3n) is 4.74. The van der Waals surface area contributed by atoms with E-state index in [4.69, 9.17) is 27.9 Å². The summed E-state index contributed by atoms with van der Waals surface area (Å²) in [5.74, 6) is -0.670. The van der Waals surface area contributed by atoms with Crippen molar-refractivity contribution in [2.45, 2.75) is 6.17 Å². The number of anilines is 1. The summed E-state index contributed by atoms with van der Waals surface area (Å²) in [6.07, 6.45) is -1.17. The van der Waals surface area contributed by atoms with Gasteiger partial charge in [0.15, 0.2) is 0 Å². The third kappa shape index (κ3) is 4.40. The van der Waals surface area contributed by atoms with Crippen LogP contribution in [-0.2, 0) is 4.79 Å². The predicted octanol–water partition coefficient (Wildman–Crippen LogP) is 4.55. The summed E-state index contributed by atoms with van der Waals surface area (Å²) >= 11 is 12.1. The second-order valence-electron chi connectivity index (χ2n) is 6.74. The predicted molar refractivity (Wildman–Crippen MR) is 121 cm³/mol. The van der Waals surface area contributed by atoms with Gasteiger partial charge in [-0.3, -0.25) is 9.59 Å². The lowest BCUT2D eigenvalue weighted by molar-refractivity contribution is -0.117. The molecule has 0 unspecified atom stereocenters. The molecule has 3 aromatic carbocycles. The largest absolute Gasteiger partial charge is 0.496 e. The van der Waals surface area contributed by atoms with Crippen LogP contribution in [0.5, 0.6) is 5.75 Å². The normalized spacial score (nSPS) is 15.3. The maximum atomic E-state index is 12.9. The van der Waals surface area contributed by atoms with E-state index in [0.717, 1.165) is 11.1 Å². The summed E-state index contributed by atoms with van der Waals surface area (Å²) in [6, 6.07) is 19.1. The van der Waals surface area contributed by atoms with Gasteiger partial charge < -0.3 is 15.4 Å². The average molecular weight is 454 g/mol. The molecule has 1 heterocycles. The van der Waals surface area contributed by atoms with Crippen molar-refractivity contribution in [3.05, 3.63) is 93.5 Å². The molecule has 0 saturated heterocycles. The third-order valence-corrected chi connectivity index (χ3v) is 5.23. The number of carbonyl (C=O) groups is 2. The highest BCUT2D eigenvalue weighted by Gasteiger charge is 2.28. The van der Waals surface area contributed by atoms with Crippen LogP contribution >= 0.6 is 23.2 Å². The monoisotopic (exact) mass is 453 g/mol. The van der Waals surface area contributed by atoms with Gasteiger partial charge >= 0.3 is 0 Å². The van der Waals surface area contributed by atoms with Crippen LogP contribution in [0.4, 0.5) is 5.69 Å². The van der Waals surface area contributed by atoms with Crippen molar-refractivity contribution in [2.75, 3.05) is 12.4 Å². The molecule has 0 aliphatic carbocycles. The van der Waals surface area contributed by atoms with Gasteiger partial charge in [0.1, 0.15) is 5.75 Å². The molecule has 0 fully saturated rings. The van der Waals surface area contributed by atoms with Crippen LogP contribution in [0.3, 0.4) is 0 Å². The van der Waals surface area contributed by atoms with Crippen LogP contribution < -0.4 is 15.4 Å². The molecular weight excluding hydrogens is 437 g/mol. The molecule has 1 aliphatic rings. The highest BCUT2D eigenvalue weighted by molar-refractivity contribution is 6.31. The van der Waals surface area contributed by atoms with Gasteiger partial charge in [-0.05, 0) is 36.4 Å². The zero-order valence-corrected chi connectivity index (χ0v) is 17.9. The molecule has 0 aromatic heterocycles. The summed E-state index contributed by atoms with van der Waals surface area (Å²) in [7, 11) is 1.45. The molecule has 6 nitrogen and oxygen atoms in total. The number of rotatable bonds is 4. The van der Waals surface area contributed by atoms with E-state index < -0.39 is 18.0 Å². The fourth-order valence-corrected chi connectivity index (χ4v) is 3.55. The van der Waals surface area contributed by atoms with Gasteiger partial charge in [0, 0.05) is 21.2 Å². The van der Waals surface area contributed by atoms with Crippen molar-refractivity contribution in [1.82, 2.24) is 5.32 Å². The lowest BCUT2D eigenvalue weighted by Crippen LogP contribution is -2.42. The number of aliphatic imine (C=N–C) groups is 1. The Labute approximate surface area is 188 Å². The van der Waals surface area contributed by atoms with Crippen LogP contribution in [0, 0.1) is 0 Å². The topological polar surface area (TPSA) is 79.8 Å². The fraction of sp³-hybridized carbons (Fsp3) is 0.0870. The Bertz CT molecular complexity index is 1190. The Hall–Kier alpha value is -3.35. The number of carbonyl (C=O) groups excluding carboxylic acids is 2. The lowest BCUT2D eigenvalue weighted by atomic mass is 10.0. The van der Waals surface area contributed by atoms with Gasteiger partial charge in [0.2, 0.25) is 6.17 Å². The summed E-state index contributed by atoms with van der Waals surface area (Å²) < 4.78 is 5.25. The van der Waals surface area contributed by atoms with E-state index >= 15 is 0 Å². The highest BCUT2D eigenvalue weighted by atomic mass is 35.5. The molecule has 0 radical (unpaired) electrons. The SMILES string of the molecule is COc1ccc(Cl)cc1C(=O)N[C@@H]1N=C(c2ccc(Cl)cc2)c2ccccc2NC1=O. The number of benzodiazepines with no additional fused rings is 1. The Morgan fingerprint density at radius 3 is 2.48 bits per heavy atom. The van der Waals surface area contributed by atoms with E-state index in [2.05, 4.69) is 15.6 Å². The van der Waals surface area contributed by atoms with Crippen LogP contribution in [0.15, 0.2) is 71.7 Å². The minimum absolute atomic E-state index is 0.202. The first-order chi connectivity index (χ1) is 15.0.